The monoisotopic (exact) mass is 332 g/mol. The fourth-order valence-electron chi connectivity index (χ4n) is 2.72. The molecule has 2 aromatic rings. The van der Waals surface area contributed by atoms with Crippen LogP contribution in [0.4, 0.5) is 4.39 Å². The topological polar surface area (TPSA) is 53.2 Å². The number of thioether (sulfide) groups is 1. The Morgan fingerprint density at radius 2 is 2.04 bits per heavy atom. The Bertz CT molecular complexity index is 762. The van der Waals surface area contributed by atoms with Crippen molar-refractivity contribution in [3.05, 3.63) is 69.9 Å². The van der Waals surface area contributed by atoms with Crippen molar-refractivity contribution in [3.8, 4) is 0 Å². The zero-order valence-corrected chi connectivity index (χ0v) is 13.3. The van der Waals surface area contributed by atoms with E-state index in [0.29, 0.717) is 25.1 Å². The number of carbonyl (C=O) groups excluding carboxylic acids is 1. The zero-order chi connectivity index (χ0) is 16.2. The highest BCUT2D eigenvalue weighted by Gasteiger charge is 2.25. The van der Waals surface area contributed by atoms with Crippen LogP contribution in [0.5, 0.6) is 0 Å². The lowest BCUT2D eigenvalue weighted by atomic mass is 10.1. The molecule has 120 valence electrons. The number of nitrogens with one attached hydrogen (secondary N) is 1. The molecule has 1 atom stereocenters. The second kappa shape index (κ2) is 7.00. The van der Waals surface area contributed by atoms with Gasteiger partial charge in [-0.05, 0) is 24.6 Å². The Kier molecular flexibility index (Phi) is 4.81. The molecule has 1 aliphatic heterocycles. The van der Waals surface area contributed by atoms with Crippen LogP contribution in [-0.4, -0.2) is 34.6 Å². The van der Waals surface area contributed by atoms with Crippen molar-refractivity contribution in [2.24, 2.45) is 0 Å². The minimum absolute atomic E-state index is 0.0306. The average molecular weight is 332 g/mol. The molecule has 0 aliphatic carbocycles. The van der Waals surface area contributed by atoms with Gasteiger partial charge in [0.25, 0.3) is 11.5 Å². The third-order valence-corrected chi connectivity index (χ3v) is 5.24. The van der Waals surface area contributed by atoms with E-state index in [4.69, 9.17) is 0 Å². The quantitative estimate of drug-likeness (QED) is 0.920. The summed E-state index contributed by atoms with van der Waals surface area (Å²) in [5.74, 6) is 0.251. The van der Waals surface area contributed by atoms with Gasteiger partial charge in [-0.25, -0.2) is 4.39 Å². The number of H-pyrrole nitrogens is 1. The minimum Gasteiger partial charge on any atom is -0.338 e. The van der Waals surface area contributed by atoms with Crippen molar-refractivity contribution in [1.82, 2.24) is 9.88 Å². The van der Waals surface area contributed by atoms with Gasteiger partial charge in [0.2, 0.25) is 0 Å². The van der Waals surface area contributed by atoms with Crippen LogP contribution in [0.2, 0.25) is 0 Å². The van der Waals surface area contributed by atoms with Gasteiger partial charge in [-0.2, -0.15) is 11.8 Å². The molecule has 4 nitrogen and oxygen atoms in total. The third kappa shape index (κ3) is 3.47. The van der Waals surface area contributed by atoms with E-state index in [1.165, 1.54) is 18.3 Å². The SMILES string of the molecule is O=C(c1ccc[nH]c1=O)N1CCSC(c2ccccc2F)CC1. The molecule has 1 aromatic carbocycles. The minimum atomic E-state index is -0.375. The molecular weight excluding hydrogens is 315 g/mol. The number of aromatic nitrogens is 1. The van der Waals surface area contributed by atoms with E-state index in [1.54, 1.807) is 34.9 Å². The van der Waals surface area contributed by atoms with Gasteiger partial charge in [0.05, 0.1) is 0 Å². The third-order valence-electron chi connectivity index (χ3n) is 3.93. The van der Waals surface area contributed by atoms with E-state index in [9.17, 15) is 14.0 Å². The number of benzene rings is 1. The lowest BCUT2D eigenvalue weighted by Crippen LogP contribution is -2.36. The van der Waals surface area contributed by atoms with Gasteiger partial charge in [-0.15, -0.1) is 0 Å². The predicted octanol–water partition coefficient (Wildman–Crippen LogP) is 2.83. The number of hydrogen-bond acceptors (Lipinski definition) is 3. The Morgan fingerprint density at radius 3 is 2.83 bits per heavy atom. The summed E-state index contributed by atoms with van der Waals surface area (Å²) in [6.07, 6.45) is 2.17. The van der Waals surface area contributed by atoms with Crippen LogP contribution in [0.3, 0.4) is 0 Å². The highest BCUT2D eigenvalue weighted by Crippen LogP contribution is 2.35. The highest BCUT2D eigenvalue weighted by atomic mass is 32.2. The lowest BCUT2D eigenvalue weighted by molar-refractivity contribution is 0.0764. The smallest absolute Gasteiger partial charge is 0.260 e. The van der Waals surface area contributed by atoms with Crippen LogP contribution in [0.25, 0.3) is 0 Å². The summed E-state index contributed by atoms with van der Waals surface area (Å²) in [6.45, 7) is 1.07. The Labute approximate surface area is 137 Å². The first kappa shape index (κ1) is 15.8. The molecule has 1 aromatic heterocycles. The van der Waals surface area contributed by atoms with Crippen LogP contribution in [0.15, 0.2) is 47.4 Å². The van der Waals surface area contributed by atoms with Crippen LogP contribution < -0.4 is 5.56 Å². The summed E-state index contributed by atoms with van der Waals surface area (Å²) in [6, 6.07) is 9.95. The van der Waals surface area contributed by atoms with E-state index < -0.39 is 0 Å². The molecule has 1 amide bonds. The maximum Gasteiger partial charge on any atom is 0.260 e. The number of nitrogens with zero attached hydrogens (tertiary/aromatic N) is 1. The molecular formula is C17H17FN2O2S. The fraction of sp³-hybridized carbons (Fsp3) is 0.294. The summed E-state index contributed by atoms with van der Waals surface area (Å²) in [4.78, 5) is 28.5. The van der Waals surface area contributed by atoms with Crippen molar-refractivity contribution in [1.29, 1.82) is 0 Å². The molecule has 0 bridgehead atoms. The van der Waals surface area contributed by atoms with Gasteiger partial charge in [-0.1, -0.05) is 18.2 Å². The maximum absolute atomic E-state index is 13.9. The molecule has 0 saturated carbocycles. The molecule has 1 N–H and O–H groups in total. The van der Waals surface area contributed by atoms with Crippen molar-refractivity contribution in [3.63, 3.8) is 0 Å². The summed E-state index contributed by atoms with van der Waals surface area (Å²) in [7, 11) is 0. The average Bonchev–Trinajstić information content (AvgIpc) is 2.81. The largest absolute Gasteiger partial charge is 0.338 e. The normalized spacial score (nSPS) is 18.5. The standard InChI is InChI=1S/C17H17FN2O2S/c18-14-6-2-1-4-12(14)15-7-9-20(10-11-23-15)17(22)13-5-3-8-19-16(13)21/h1-6,8,15H,7,9-11H2,(H,19,21). The number of pyridine rings is 1. The van der Waals surface area contributed by atoms with Crippen molar-refractivity contribution < 1.29 is 9.18 Å². The summed E-state index contributed by atoms with van der Waals surface area (Å²) in [5.41, 5.74) is 0.464. The fourth-order valence-corrected chi connectivity index (χ4v) is 3.97. The van der Waals surface area contributed by atoms with Crippen LogP contribution in [-0.2, 0) is 0 Å². The Balaban J connectivity index is 1.74. The molecule has 0 radical (unpaired) electrons. The lowest BCUT2D eigenvalue weighted by Gasteiger charge is -2.20. The molecule has 1 aliphatic rings. The molecule has 23 heavy (non-hydrogen) atoms. The van der Waals surface area contributed by atoms with E-state index >= 15 is 0 Å². The first-order valence-electron chi connectivity index (χ1n) is 7.50. The number of aromatic amines is 1. The van der Waals surface area contributed by atoms with Crippen LogP contribution in [0.1, 0.15) is 27.6 Å². The van der Waals surface area contributed by atoms with Gasteiger partial charge < -0.3 is 9.88 Å². The second-order valence-corrected chi connectivity index (χ2v) is 6.69. The second-order valence-electron chi connectivity index (χ2n) is 5.37. The molecule has 2 heterocycles. The number of halogens is 1. The number of rotatable bonds is 2. The first-order valence-corrected chi connectivity index (χ1v) is 8.54. The first-order chi connectivity index (χ1) is 11.2. The highest BCUT2D eigenvalue weighted by molar-refractivity contribution is 7.99. The predicted molar refractivity (Wildman–Crippen MR) is 89.2 cm³/mol. The summed E-state index contributed by atoms with van der Waals surface area (Å²) >= 11 is 1.65. The van der Waals surface area contributed by atoms with E-state index in [-0.39, 0.29) is 28.1 Å². The molecule has 1 fully saturated rings. The Morgan fingerprint density at radius 1 is 1.22 bits per heavy atom. The molecule has 3 rings (SSSR count). The van der Waals surface area contributed by atoms with Gasteiger partial charge in [-0.3, -0.25) is 9.59 Å². The molecule has 1 unspecified atom stereocenters. The maximum atomic E-state index is 13.9. The zero-order valence-electron chi connectivity index (χ0n) is 12.5. The Hall–Kier alpha value is -2.08. The number of carbonyl (C=O) groups is 1. The van der Waals surface area contributed by atoms with Gasteiger partial charge in [0.15, 0.2) is 0 Å². The van der Waals surface area contributed by atoms with Gasteiger partial charge in [0, 0.05) is 35.9 Å². The van der Waals surface area contributed by atoms with Crippen LogP contribution in [0, 0.1) is 5.82 Å². The van der Waals surface area contributed by atoms with Gasteiger partial charge in [0.1, 0.15) is 11.4 Å². The van der Waals surface area contributed by atoms with Crippen molar-refractivity contribution in [2.45, 2.75) is 11.7 Å². The molecule has 0 spiro atoms. The van der Waals surface area contributed by atoms with E-state index in [2.05, 4.69) is 4.98 Å². The molecule has 1 saturated heterocycles. The van der Waals surface area contributed by atoms with Crippen LogP contribution >= 0.6 is 11.8 Å². The van der Waals surface area contributed by atoms with Crippen molar-refractivity contribution in [2.75, 3.05) is 18.8 Å². The number of amides is 1. The number of hydrogen-bond donors (Lipinski definition) is 1. The van der Waals surface area contributed by atoms with Crippen molar-refractivity contribution >= 4 is 17.7 Å². The summed E-state index contributed by atoms with van der Waals surface area (Å²) in [5, 5.41) is 0.0306. The summed E-state index contributed by atoms with van der Waals surface area (Å²) < 4.78 is 13.9. The van der Waals surface area contributed by atoms with E-state index in [1.807, 2.05) is 6.07 Å². The van der Waals surface area contributed by atoms with E-state index in [0.717, 1.165) is 5.75 Å². The van der Waals surface area contributed by atoms with Gasteiger partial charge >= 0.3 is 0 Å². The molecule has 6 heteroatoms.